The van der Waals surface area contributed by atoms with Crippen molar-refractivity contribution in [3.63, 3.8) is 0 Å². The largest absolute Gasteiger partial charge is 0.497 e. The average molecular weight is 469 g/mol. The highest BCUT2D eigenvalue weighted by molar-refractivity contribution is 7.89. The monoisotopic (exact) mass is 468 g/mol. The van der Waals surface area contributed by atoms with Gasteiger partial charge in [0.05, 0.1) is 22.8 Å². The SMILES string of the molecule is COc1ccc2nc(NC(=O)C3CCCN3S(=O)(=O)c3cccc4cccnc34)sc2c1. The summed E-state index contributed by atoms with van der Waals surface area (Å²) in [5.74, 6) is 0.320. The van der Waals surface area contributed by atoms with Crippen LogP contribution in [-0.2, 0) is 14.8 Å². The van der Waals surface area contributed by atoms with Crippen LogP contribution in [-0.4, -0.2) is 48.3 Å². The Morgan fingerprint density at radius 2 is 2.06 bits per heavy atom. The fourth-order valence-corrected chi connectivity index (χ4v) is 6.70. The molecule has 2 aromatic carbocycles. The zero-order chi connectivity index (χ0) is 22.3. The Hall–Kier alpha value is -3.08. The molecule has 32 heavy (non-hydrogen) atoms. The standard InChI is InChI=1S/C22H20N4O4S2/c1-30-15-9-10-16-18(13-15)31-22(24-16)25-21(27)17-7-4-12-26(17)32(28,29)19-8-2-5-14-6-3-11-23-20(14)19/h2-3,5-6,8-11,13,17H,4,7,12H2,1H3,(H,24,25,27). The molecule has 5 rings (SSSR count). The minimum absolute atomic E-state index is 0.113. The minimum Gasteiger partial charge on any atom is -0.497 e. The third-order valence-corrected chi connectivity index (χ3v) is 8.39. The van der Waals surface area contributed by atoms with Crippen molar-refractivity contribution in [2.45, 2.75) is 23.8 Å². The van der Waals surface area contributed by atoms with E-state index in [-0.39, 0.29) is 17.3 Å². The number of anilines is 1. The van der Waals surface area contributed by atoms with Gasteiger partial charge < -0.3 is 10.1 Å². The van der Waals surface area contributed by atoms with Gasteiger partial charge in [-0.15, -0.1) is 0 Å². The lowest BCUT2D eigenvalue weighted by molar-refractivity contribution is -0.119. The van der Waals surface area contributed by atoms with E-state index < -0.39 is 16.1 Å². The van der Waals surface area contributed by atoms with Crippen molar-refractivity contribution < 1.29 is 17.9 Å². The van der Waals surface area contributed by atoms with Gasteiger partial charge in [-0.2, -0.15) is 4.31 Å². The lowest BCUT2D eigenvalue weighted by Crippen LogP contribution is -2.43. The van der Waals surface area contributed by atoms with E-state index in [2.05, 4.69) is 15.3 Å². The van der Waals surface area contributed by atoms with Crippen LogP contribution in [0.1, 0.15) is 12.8 Å². The Morgan fingerprint density at radius 3 is 2.91 bits per heavy atom. The summed E-state index contributed by atoms with van der Waals surface area (Å²) < 4.78 is 34.4. The predicted octanol–water partition coefficient (Wildman–Crippen LogP) is 3.64. The molecule has 1 aliphatic rings. The summed E-state index contributed by atoms with van der Waals surface area (Å²) in [4.78, 5) is 21.9. The highest BCUT2D eigenvalue weighted by atomic mass is 32.2. The van der Waals surface area contributed by atoms with Gasteiger partial charge in [0.15, 0.2) is 5.13 Å². The number of benzene rings is 2. The maximum atomic E-state index is 13.5. The van der Waals surface area contributed by atoms with Gasteiger partial charge in [-0.05, 0) is 43.2 Å². The minimum atomic E-state index is -3.91. The van der Waals surface area contributed by atoms with E-state index in [9.17, 15) is 13.2 Å². The number of sulfonamides is 1. The smallest absolute Gasteiger partial charge is 0.245 e. The van der Waals surface area contributed by atoms with Crippen LogP contribution in [0.4, 0.5) is 5.13 Å². The molecule has 1 aliphatic heterocycles. The lowest BCUT2D eigenvalue weighted by atomic mass is 10.2. The van der Waals surface area contributed by atoms with Crippen LogP contribution in [0.2, 0.25) is 0 Å². The number of carbonyl (C=O) groups excluding carboxylic acids is 1. The van der Waals surface area contributed by atoms with Crippen molar-refractivity contribution in [1.29, 1.82) is 0 Å². The first-order valence-electron chi connectivity index (χ1n) is 10.1. The molecule has 1 fully saturated rings. The number of ether oxygens (including phenoxy) is 1. The number of amides is 1. The van der Waals surface area contributed by atoms with Gasteiger partial charge in [-0.3, -0.25) is 9.78 Å². The number of thiazole rings is 1. The van der Waals surface area contributed by atoms with E-state index in [4.69, 9.17) is 4.74 Å². The Balaban J connectivity index is 1.43. The van der Waals surface area contributed by atoms with Crippen LogP contribution >= 0.6 is 11.3 Å². The van der Waals surface area contributed by atoms with E-state index in [0.717, 1.165) is 15.6 Å². The number of nitrogens with zero attached hydrogens (tertiary/aromatic N) is 3. The van der Waals surface area contributed by atoms with Gasteiger partial charge in [-0.25, -0.2) is 13.4 Å². The topological polar surface area (TPSA) is 101 Å². The van der Waals surface area contributed by atoms with Crippen LogP contribution in [0, 0.1) is 0 Å². The zero-order valence-corrected chi connectivity index (χ0v) is 18.8. The quantitative estimate of drug-likeness (QED) is 0.480. The maximum Gasteiger partial charge on any atom is 0.245 e. The molecule has 4 aromatic rings. The van der Waals surface area contributed by atoms with Crippen molar-refractivity contribution in [1.82, 2.24) is 14.3 Å². The molecule has 3 heterocycles. The molecule has 10 heteroatoms. The normalized spacial score (nSPS) is 17.1. The summed E-state index contributed by atoms with van der Waals surface area (Å²) in [5.41, 5.74) is 1.14. The zero-order valence-electron chi connectivity index (χ0n) is 17.2. The summed E-state index contributed by atoms with van der Waals surface area (Å²) >= 11 is 1.32. The van der Waals surface area contributed by atoms with Gasteiger partial charge in [-0.1, -0.05) is 29.5 Å². The summed E-state index contributed by atoms with van der Waals surface area (Å²) in [5, 5.41) is 3.97. The molecule has 8 nitrogen and oxygen atoms in total. The summed E-state index contributed by atoms with van der Waals surface area (Å²) in [6.07, 6.45) is 2.62. The highest BCUT2D eigenvalue weighted by Crippen LogP contribution is 2.32. The first-order chi connectivity index (χ1) is 15.5. The van der Waals surface area contributed by atoms with Gasteiger partial charge in [0.25, 0.3) is 0 Å². The van der Waals surface area contributed by atoms with Crippen LogP contribution < -0.4 is 10.1 Å². The van der Waals surface area contributed by atoms with Crippen LogP contribution in [0.3, 0.4) is 0 Å². The second-order valence-corrected chi connectivity index (χ2v) is 10.3. The van der Waals surface area contributed by atoms with E-state index in [1.165, 1.54) is 15.6 Å². The Morgan fingerprint density at radius 1 is 1.22 bits per heavy atom. The number of nitrogens with one attached hydrogen (secondary N) is 1. The number of methoxy groups -OCH3 is 1. The number of hydrogen-bond acceptors (Lipinski definition) is 7. The fourth-order valence-electron chi connectivity index (χ4n) is 3.97. The molecular formula is C22H20N4O4S2. The number of carbonyl (C=O) groups is 1. The lowest BCUT2D eigenvalue weighted by Gasteiger charge is -2.23. The molecular weight excluding hydrogens is 448 g/mol. The van der Waals surface area contributed by atoms with Crippen LogP contribution in [0.25, 0.3) is 21.1 Å². The number of hydrogen-bond donors (Lipinski definition) is 1. The fraction of sp³-hybridized carbons (Fsp3) is 0.227. The van der Waals surface area contributed by atoms with E-state index in [0.29, 0.717) is 29.2 Å². The summed E-state index contributed by atoms with van der Waals surface area (Å²) in [6, 6.07) is 13.3. The van der Waals surface area contributed by atoms with Crippen molar-refractivity contribution in [2.24, 2.45) is 0 Å². The van der Waals surface area contributed by atoms with E-state index in [1.54, 1.807) is 37.6 Å². The van der Waals surface area contributed by atoms with Crippen molar-refractivity contribution in [3.8, 4) is 5.75 Å². The number of pyridine rings is 1. The molecule has 164 valence electrons. The number of para-hydroxylation sites is 1. The van der Waals surface area contributed by atoms with Gasteiger partial charge in [0.2, 0.25) is 15.9 Å². The molecule has 0 saturated carbocycles. The van der Waals surface area contributed by atoms with Gasteiger partial charge >= 0.3 is 0 Å². The average Bonchev–Trinajstić information content (AvgIpc) is 3.45. The highest BCUT2D eigenvalue weighted by Gasteiger charge is 2.40. The molecule has 0 aliphatic carbocycles. The molecule has 0 radical (unpaired) electrons. The Kier molecular flexibility index (Phi) is 5.28. The molecule has 1 N–H and O–H groups in total. The van der Waals surface area contributed by atoms with Crippen LogP contribution in [0.5, 0.6) is 5.75 Å². The molecule has 1 amide bonds. The van der Waals surface area contributed by atoms with E-state index >= 15 is 0 Å². The molecule has 2 aromatic heterocycles. The number of aromatic nitrogens is 2. The summed E-state index contributed by atoms with van der Waals surface area (Å²) in [6.45, 7) is 0.278. The first-order valence-corrected chi connectivity index (χ1v) is 12.3. The molecule has 1 atom stereocenters. The van der Waals surface area contributed by atoms with Crippen LogP contribution in [0.15, 0.2) is 59.6 Å². The van der Waals surface area contributed by atoms with Crippen molar-refractivity contribution >= 4 is 53.5 Å². The van der Waals surface area contributed by atoms with E-state index in [1.807, 2.05) is 24.3 Å². The molecule has 0 spiro atoms. The second-order valence-electron chi connectivity index (χ2n) is 7.45. The van der Waals surface area contributed by atoms with Gasteiger partial charge in [0, 0.05) is 18.1 Å². The third kappa shape index (κ3) is 3.60. The summed E-state index contributed by atoms with van der Waals surface area (Å²) in [7, 11) is -2.32. The van der Waals surface area contributed by atoms with Crippen molar-refractivity contribution in [2.75, 3.05) is 19.0 Å². The first kappa shape index (κ1) is 20.8. The predicted molar refractivity (Wildman–Crippen MR) is 123 cm³/mol. The molecule has 0 bridgehead atoms. The number of fused-ring (bicyclic) bond motifs is 2. The van der Waals surface area contributed by atoms with Gasteiger partial charge in [0.1, 0.15) is 16.7 Å². The second kappa shape index (κ2) is 8.12. The maximum absolute atomic E-state index is 13.5. The molecule has 1 unspecified atom stereocenters. The number of rotatable bonds is 5. The third-order valence-electron chi connectivity index (χ3n) is 5.51. The molecule has 1 saturated heterocycles. The van der Waals surface area contributed by atoms with Crippen molar-refractivity contribution in [3.05, 3.63) is 54.7 Å². The Bertz CT molecular complexity index is 1430. The Labute approximate surface area is 188 Å².